The summed E-state index contributed by atoms with van der Waals surface area (Å²) in [5.41, 5.74) is 1.00. The lowest BCUT2D eigenvalue weighted by atomic mass is 9.75. The van der Waals surface area contributed by atoms with Gasteiger partial charge in [0.2, 0.25) is 6.79 Å². The van der Waals surface area contributed by atoms with Crippen molar-refractivity contribution in [3.8, 4) is 11.5 Å². The summed E-state index contributed by atoms with van der Waals surface area (Å²) in [6, 6.07) is 5.74. The highest BCUT2D eigenvalue weighted by Gasteiger charge is 2.52. The van der Waals surface area contributed by atoms with Crippen molar-refractivity contribution in [2.24, 2.45) is 0 Å². The third-order valence-corrected chi connectivity index (χ3v) is 4.28. The van der Waals surface area contributed by atoms with E-state index in [1.807, 2.05) is 45.9 Å². The van der Waals surface area contributed by atoms with Crippen LogP contribution in [0.4, 0.5) is 0 Å². The van der Waals surface area contributed by atoms with E-state index in [-0.39, 0.29) is 18.0 Å². The maximum Gasteiger partial charge on any atom is 0.494 e. The Morgan fingerprint density at radius 2 is 1.65 bits per heavy atom. The minimum atomic E-state index is -0.444. The SMILES string of the molecule is C=C(B1OC(C)(C)C(C)(C)O1)c1ccc2c(c1)OCO2. The van der Waals surface area contributed by atoms with Crippen LogP contribution in [0.5, 0.6) is 11.5 Å². The Kier molecular flexibility index (Phi) is 2.89. The van der Waals surface area contributed by atoms with Gasteiger partial charge < -0.3 is 18.8 Å². The van der Waals surface area contributed by atoms with Crippen LogP contribution < -0.4 is 9.47 Å². The lowest BCUT2D eigenvalue weighted by Crippen LogP contribution is -2.41. The van der Waals surface area contributed by atoms with Crippen LogP contribution >= 0.6 is 0 Å². The molecule has 0 unspecified atom stereocenters. The van der Waals surface area contributed by atoms with Gasteiger partial charge in [-0.3, -0.25) is 0 Å². The highest BCUT2D eigenvalue weighted by Crippen LogP contribution is 2.41. The molecular formula is C15H19BO4. The zero-order chi connectivity index (χ0) is 14.5. The Morgan fingerprint density at radius 1 is 1.05 bits per heavy atom. The molecular weight excluding hydrogens is 255 g/mol. The summed E-state index contributed by atoms with van der Waals surface area (Å²) >= 11 is 0. The predicted molar refractivity (Wildman–Crippen MR) is 77.7 cm³/mol. The number of benzene rings is 1. The first-order valence-corrected chi connectivity index (χ1v) is 6.75. The van der Waals surface area contributed by atoms with Crippen molar-refractivity contribution in [1.82, 2.24) is 0 Å². The molecule has 0 atom stereocenters. The minimum absolute atomic E-state index is 0.266. The highest BCUT2D eigenvalue weighted by atomic mass is 16.7. The molecule has 1 aromatic rings. The van der Waals surface area contributed by atoms with Gasteiger partial charge in [0.05, 0.1) is 11.2 Å². The quantitative estimate of drug-likeness (QED) is 0.777. The number of hydrogen-bond donors (Lipinski definition) is 0. The average molecular weight is 274 g/mol. The van der Waals surface area contributed by atoms with Crippen molar-refractivity contribution >= 4 is 12.6 Å². The molecule has 1 fully saturated rings. The first-order chi connectivity index (χ1) is 9.30. The van der Waals surface area contributed by atoms with Gasteiger partial charge in [0.15, 0.2) is 11.5 Å². The van der Waals surface area contributed by atoms with Gasteiger partial charge >= 0.3 is 7.12 Å². The summed E-state index contributed by atoms with van der Waals surface area (Å²) in [6.07, 6.45) is 0. The molecule has 2 aliphatic heterocycles. The van der Waals surface area contributed by atoms with E-state index in [1.54, 1.807) is 0 Å². The van der Waals surface area contributed by atoms with Gasteiger partial charge in [0.25, 0.3) is 0 Å². The fourth-order valence-electron chi connectivity index (χ4n) is 2.22. The Bertz CT molecular complexity index is 549. The predicted octanol–water partition coefficient (Wildman–Crippen LogP) is 3.06. The zero-order valence-electron chi connectivity index (χ0n) is 12.4. The van der Waals surface area contributed by atoms with E-state index in [9.17, 15) is 0 Å². The lowest BCUT2D eigenvalue weighted by Gasteiger charge is -2.32. The fraction of sp³-hybridized carbons (Fsp3) is 0.467. The molecule has 0 saturated carbocycles. The van der Waals surface area contributed by atoms with Gasteiger partial charge in [0.1, 0.15) is 0 Å². The van der Waals surface area contributed by atoms with E-state index >= 15 is 0 Å². The van der Waals surface area contributed by atoms with Gasteiger partial charge in [-0.05, 0) is 50.9 Å². The van der Waals surface area contributed by atoms with E-state index < -0.39 is 7.12 Å². The van der Waals surface area contributed by atoms with E-state index in [0.29, 0.717) is 0 Å². The van der Waals surface area contributed by atoms with Crippen LogP contribution in [-0.4, -0.2) is 25.1 Å². The molecule has 106 valence electrons. The number of fused-ring (bicyclic) bond motifs is 1. The van der Waals surface area contributed by atoms with E-state index in [4.69, 9.17) is 18.8 Å². The van der Waals surface area contributed by atoms with Crippen molar-refractivity contribution in [2.75, 3.05) is 6.79 Å². The Balaban J connectivity index is 1.84. The third kappa shape index (κ3) is 2.01. The maximum absolute atomic E-state index is 6.01. The highest BCUT2D eigenvalue weighted by molar-refractivity contribution is 6.68. The normalized spacial score (nSPS) is 22.1. The Hall–Kier alpha value is -1.46. The van der Waals surface area contributed by atoms with Gasteiger partial charge in [-0.1, -0.05) is 12.6 Å². The van der Waals surface area contributed by atoms with Crippen LogP contribution in [0.1, 0.15) is 33.3 Å². The molecule has 1 saturated heterocycles. The van der Waals surface area contributed by atoms with E-state index in [0.717, 1.165) is 22.5 Å². The van der Waals surface area contributed by atoms with E-state index in [2.05, 4.69) is 6.58 Å². The summed E-state index contributed by atoms with van der Waals surface area (Å²) in [7, 11) is -0.444. The largest absolute Gasteiger partial charge is 0.494 e. The van der Waals surface area contributed by atoms with Gasteiger partial charge in [-0.25, -0.2) is 0 Å². The summed E-state index contributed by atoms with van der Waals surface area (Å²) in [5.74, 6) is 1.50. The minimum Gasteiger partial charge on any atom is -0.454 e. The van der Waals surface area contributed by atoms with Crippen LogP contribution in [0.2, 0.25) is 0 Å². The molecule has 1 aromatic carbocycles. The van der Waals surface area contributed by atoms with Gasteiger partial charge in [-0.2, -0.15) is 0 Å². The van der Waals surface area contributed by atoms with Crippen LogP contribution in [0.3, 0.4) is 0 Å². The maximum atomic E-state index is 6.01. The van der Waals surface area contributed by atoms with E-state index in [1.165, 1.54) is 0 Å². The van der Waals surface area contributed by atoms with Crippen molar-refractivity contribution in [1.29, 1.82) is 0 Å². The van der Waals surface area contributed by atoms with Crippen molar-refractivity contribution < 1.29 is 18.8 Å². The molecule has 4 nitrogen and oxygen atoms in total. The van der Waals surface area contributed by atoms with Crippen molar-refractivity contribution in [2.45, 2.75) is 38.9 Å². The number of ether oxygens (including phenoxy) is 2. The van der Waals surface area contributed by atoms with Crippen molar-refractivity contribution in [3.05, 3.63) is 30.3 Å². The van der Waals surface area contributed by atoms with Crippen LogP contribution in [0.25, 0.3) is 5.47 Å². The smallest absolute Gasteiger partial charge is 0.454 e. The molecule has 0 aromatic heterocycles. The van der Waals surface area contributed by atoms with Gasteiger partial charge in [0, 0.05) is 0 Å². The first-order valence-electron chi connectivity index (χ1n) is 6.75. The summed E-state index contributed by atoms with van der Waals surface area (Å²) in [4.78, 5) is 0. The standard InChI is InChI=1S/C15H19BO4/c1-10(16-19-14(2,3)15(4,5)20-16)11-6-7-12-13(8-11)18-9-17-12/h6-8H,1,9H2,2-5H3. The third-order valence-electron chi connectivity index (χ3n) is 4.28. The number of hydrogen-bond acceptors (Lipinski definition) is 4. The van der Waals surface area contributed by atoms with Crippen LogP contribution in [-0.2, 0) is 9.31 Å². The molecule has 0 N–H and O–H groups in total. The number of rotatable bonds is 2. The molecule has 2 aliphatic rings. The Labute approximate surface area is 119 Å². The Morgan fingerprint density at radius 3 is 2.30 bits per heavy atom. The summed E-state index contributed by atoms with van der Waals surface area (Å²) in [5, 5.41) is 0. The molecule has 3 rings (SSSR count). The average Bonchev–Trinajstić information content (AvgIpc) is 2.90. The molecule has 2 heterocycles. The second-order valence-electron chi connectivity index (χ2n) is 6.18. The topological polar surface area (TPSA) is 36.9 Å². The summed E-state index contributed by atoms with van der Waals surface area (Å²) < 4.78 is 22.7. The lowest BCUT2D eigenvalue weighted by molar-refractivity contribution is 0.00578. The second kappa shape index (κ2) is 4.27. The molecule has 20 heavy (non-hydrogen) atoms. The molecule has 0 bridgehead atoms. The first kappa shape index (κ1) is 13.5. The van der Waals surface area contributed by atoms with Crippen LogP contribution in [0.15, 0.2) is 24.8 Å². The fourth-order valence-corrected chi connectivity index (χ4v) is 2.22. The molecule has 5 heteroatoms. The van der Waals surface area contributed by atoms with Crippen molar-refractivity contribution in [3.63, 3.8) is 0 Å². The molecule has 0 amide bonds. The van der Waals surface area contributed by atoms with Crippen LogP contribution in [0, 0.1) is 0 Å². The molecule has 0 spiro atoms. The van der Waals surface area contributed by atoms with Gasteiger partial charge in [-0.15, -0.1) is 0 Å². The monoisotopic (exact) mass is 274 g/mol. The molecule has 0 radical (unpaired) electrons. The second-order valence-corrected chi connectivity index (χ2v) is 6.18. The molecule has 0 aliphatic carbocycles. The summed E-state index contributed by atoms with van der Waals surface area (Å²) in [6.45, 7) is 12.5. The zero-order valence-corrected chi connectivity index (χ0v) is 12.4.